The summed E-state index contributed by atoms with van der Waals surface area (Å²) < 4.78 is 10.3. The van der Waals surface area contributed by atoms with Crippen LogP contribution in [0.2, 0.25) is 0 Å². The molecule has 0 aliphatic carbocycles. The van der Waals surface area contributed by atoms with Gasteiger partial charge in [-0.2, -0.15) is 0 Å². The minimum absolute atomic E-state index is 0.167. The first-order valence-corrected chi connectivity index (χ1v) is 7.42. The number of esters is 1. The van der Waals surface area contributed by atoms with Gasteiger partial charge in [-0.1, -0.05) is 6.42 Å². The molecule has 1 aromatic rings. The SMILES string of the molecule is CCOC(=O)[C@H]1CCCCN1Cc1cc(OC)ccc1O. The Hall–Kier alpha value is -1.75. The molecule has 1 N–H and O–H groups in total. The summed E-state index contributed by atoms with van der Waals surface area (Å²) in [5.41, 5.74) is 0.769. The molecule has 1 fully saturated rings. The predicted molar refractivity (Wildman–Crippen MR) is 79.3 cm³/mol. The second-order valence-corrected chi connectivity index (χ2v) is 5.23. The first-order valence-electron chi connectivity index (χ1n) is 7.42. The smallest absolute Gasteiger partial charge is 0.323 e. The number of methoxy groups -OCH3 is 1. The van der Waals surface area contributed by atoms with Crippen molar-refractivity contribution in [1.82, 2.24) is 4.90 Å². The Morgan fingerprint density at radius 1 is 1.43 bits per heavy atom. The highest BCUT2D eigenvalue weighted by molar-refractivity contribution is 5.75. The van der Waals surface area contributed by atoms with Crippen LogP contribution in [-0.4, -0.2) is 42.3 Å². The Kier molecular flexibility index (Phi) is 5.44. The minimum Gasteiger partial charge on any atom is -0.508 e. The van der Waals surface area contributed by atoms with E-state index in [1.807, 2.05) is 13.0 Å². The Morgan fingerprint density at radius 3 is 2.95 bits per heavy atom. The van der Waals surface area contributed by atoms with Crippen molar-refractivity contribution >= 4 is 5.97 Å². The molecule has 1 heterocycles. The van der Waals surface area contributed by atoms with E-state index in [-0.39, 0.29) is 17.8 Å². The summed E-state index contributed by atoms with van der Waals surface area (Å²) in [5, 5.41) is 9.99. The summed E-state index contributed by atoms with van der Waals surface area (Å²) in [6.45, 7) is 3.57. The zero-order valence-corrected chi connectivity index (χ0v) is 12.7. The molecule has 0 bridgehead atoms. The molecule has 0 spiro atoms. The molecule has 2 rings (SSSR count). The third-order valence-electron chi connectivity index (χ3n) is 3.83. The summed E-state index contributed by atoms with van der Waals surface area (Å²) >= 11 is 0. The normalized spacial score (nSPS) is 19.2. The van der Waals surface area contributed by atoms with E-state index in [4.69, 9.17) is 9.47 Å². The van der Waals surface area contributed by atoms with Crippen molar-refractivity contribution in [3.63, 3.8) is 0 Å². The van der Waals surface area contributed by atoms with E-state index in [1.165, 1.54) is 0 Å². The average Bonchev–Trinajstić information content (AvgIpc) is 2.50. The number of phenols is 1. The van der Waals surface area contributed by atoms with Crippen LogP contribution in [0.25, 0.3) is 0 Å². The number of likely N-dealkylation sites (tertiary alicyclic amines) is 1. The molecule has 0 radical (unpaired) electrons. The summed E-state index contributed by atoms with van der Waals surface area (Å²) in [6, 6.07) is 4.94. The molecule has 0 saturated carbocycles. The molecule has 5 nitrogen and oxygen atoms in total. The highest BCUT2D eigenvalue weighted by Gasteiger charge is 2.30. The second-order valence-electron chi connectivity index (χ2n) is 5.23. The van der Waals surface area contributed by atoms with Crippen LogP contribution in [0.5, 0.6) is 11.5 Å². The summed E-state index contributed by atoms with van der Waals surface area (Å²) in [5.74, 6) is 0.760. The van der Waals surface area contributed by atoms with Crippen LogP contribution in [0, 0.1) is 0 Å². The van der Waals surface area contributed by atoms with Crippen molar-refractivity contribution in [2.45, 2.75) is 38.8 Å². The Labute approximate surface area is 125 Å². The molecule has 1 saturated heterocycles. The van der Waals surface area contributed by atoms with Crippen LogP contribution in [0.4, 0.5) is 0 Å². The predicted octanol–water partition coefficient (Wildman–Crippen LogP) is 2.32. The van der Waals surface area contributed by atoms with Gasteiger partial charge in [0.2, 0.25) is 0 Å². The lowest BCUT2D eigenvalue weighted by molar-refractivity contribution is -0.151. The Morgan fingerprint density at radius 2 is 2.24 bits per heavy atom. The standard InChI is InChI=1S/C16H23NO4/c1-3-21-16(19)14-6-4-5-9-17(14)11-12-10-13(20-2)7-8-15(12)18/h7-8,10,14,18H,3-6,9,11H2,1-2H3/t14-/m1/s1. The highest BCUT2D eigenvalue weighted by Crippen LogP contribution is 2.27. The maximum atomic E-state index is 12.1. The van der Waals surface area contributed by atoms with E-state index < -0.39 is 0 Å². The van der Waals surface area contributed by atoms with Gasteiger partial charge < -0.3 is 14.6 Å². The van der Waals surface area contributed by atoms with Gasteiger partial charge in [0, 0.05) is 12.1 Å². The summed E-state index contributed by atoms with van der Waals surface area (Å²) in [4.78, 5) is 14.1. The minimum atomic E-state index is -0.218. The van der Waals surface area contributed by atoms with Gasteiger partial charge in [-0.05, 0) is 44.5 Å². The van der Waals surface area contributed by atoms with E-state index in [0.717, 1.165) is 31.4 Å². The lowest BCUT2D eigenvalue weighted by atomic mass is 10.0. The molecule has 116 valence electrons. The van der Waals surface area contributed by atoms with E-state index in [0.29, 0.717) is 18.9 Å². The number of piperidine rings is 1. The third-order valence-corrected chi connectivity index (χ3v) is 3.83. The average molecular weight is 293 g/mol. The molecule has 1 aliphatic heterocycles. The Bertz CT molecular complexity index is 489. The molecule has 0 amide bonds. The molecule has 1 aliphatic rings. The van der Waals surface area contributed by atoms with Gasteiger partial charge in [-0.3, -0.25) is 9.69 Å². The second kappa shape index (κ2) is 7.31. The number of hydrogen-bond acceptors (Lipinski definition) is 5. The molecular weight excluding hydrogens is 270 g/mol. The number of carbonyl (C=O) groups excluding carboxylic acids is 1. The number of aromatic hydroxyl groups is 1. The largest absolute Gasteiger partial charge is 0.508 e. The molecule has 1 atom stereocenters. The quantitative estimate of drug-likeness (QED) is 0.844. The van der Waals surface area contributed by atoms with Crippen molar-refractivity contribution in [3.05, 3.63) is 23.8 Å². The number of hydrogen-bond donors (Lipinski definition) is 1. The lowest BCUT2D eigenvalue weighted by Crippen LogP contribution is -2.44. The van der Waals surface area contributed by atoms with Crippen LogP contribution in [0.1, 0.15) is 31.7 Å². The first-order chi connectivity index (χ1) is 10.2. The van der Waals surface area contributed by atoms with Crippen molar-refractivity contribution in [2.24, 2.45) is 0 Å². The monoisotopic (exact) mass is 293 g/mol. The van der Waals surface area contributed by atoms with E-state index in [9.17, 15) is 9.90 Å². The van der Waals surface area contributed by atoms with Gasteiger partial charge in [0.25, 0.3) is 0 Å². The van der Waals surface area contributed by atoms with Crippen molar-refractivity contribution < 1.29 is 19.4 Å². The zero-order chi connectivity index (χ0) is 15.2. The van der Waals surface area contributed by atoms with E-state index in [2.05, 4.69) is 4.90 Å². The summed E-state index contributed by atoms with van der Waals surface area (Å²) in [7, 11) is 1.60. The van der Waals surface area contributed by atoms with Crippen molar-refractivity contribution in [3.8, 4) is 11.5 Å². The number of phenolic OH excluding ortho intramolecular Hbond substituents is 1. The molecule has 1 aromatic carbocycles. The van der Waals surface area contributed by atoms with Gasteiger partial charge in [-0.15, -0.1) is 0 Å². The molecule has 0 unspecified atom stereocenters. The van der Waals surface area contributed by atoms with Crippen LogP contribution in [0.15, 0.2) is 18.2 Å². The van der Waals surface area contributed by atoms with Crippen molar-refractivity contribution in [1.29, 1.82) is 0 Å². The van der Waals surface area contributed by atoms with Gasteiger partial charge in [0.05, 0.1) is 13.7 Å². The lowest BCUT2D eigenvalue weighted by Gasteiger charge is -2.34. The van der Waals surface area contributed by atoms with Gasteiger partial charge >= 0.3 is 5.97 Å². The van der Waals surface area contributed by atoms with E-state index >= 15 is 0 Å². The highest BCUT2D eigenvalue weighted by atomic mass is 16.5. The van der Waals surface area contributed by atoms with E-state index in [1.54, 1.807) is 19.2 Å². The van der Waals surface area contributed by atoms with Crippen molar-refractivity contribution in [2.75, 3.05) is 20.3 Å². The molecule has 5 heteroatoms. The number of ether oxygens (including phenoxy) is 2. The number of benzene rings is 1. The number of nitrogens with zero attached hydrogens (tertiary/aromatic N) is 1. The fraction of sp³-hybridized carbons (Fsp3) is 0.562. The molecular formula is C16H23NO4. The molecule has 21 heavy (non-hydrogen) atoms. The maximum Gasteiger partial charge on any atom is 0.323 e. The fourth-order valence-corrected chi connectivity index (χ4v) is 2.72. The van der Waals surface area contributed by atoms with Gasteiger partial charge in [0.15, 0.2) is 0 Å². The summed E-state index contributed by atoms with van der Waals surface area (Å²) in [6.07, 6.45) is 2.90. The van der Waals surface area contributed by atoms with Crippen LogP contribution >= 0.6 is 0 Å². The zero-order valence-electron chi connectivity index (χ0n) is 12.7. The van der Waals surface area contributed by atoms with Gasteiger partial charge in [0.1, 0.15) is 17.5 Å². The van der Waals surface area contributed by atoms with Crippen LogP contribution in [0.3, 0.4) is 0 Å². The number of rotatable bonds is 5. The third kappa shape index (κ3) is 3.88. The Balaban J connectivity index is 2.13. The maximum absolute atomic E-state index is 12.1. The fourth-order valence-electron chi connectivity index (χ4n) is 2.72. The molecule has 0 aromatic heterocycles. The van der Waals surface area contributed by atoms with Crippen LogP contribution < -0.4 is 4.74 Å². The van der Waals surface area contributed by atoms with Crippen LogP contribution in [-0.2, 0) is 16.1 Å². The van der Waals surface area contributed by atoms with Gasteiger partial charge in [-0.25, -0.2) is 0 Å². The topological polar surface area (TPSA) is 59.0 Å². The first kappa shape index (κ1) is 15.6. The number of carbonyl (C=O) groups is 1.